The lowest BCUT2D eigenvalue weighted by molar-refractivity contribution is -0.121. The van der Waals surface area contributed by atoms with Crippen LogP contribution < -0.4 is 5.32 Å². The van der Waals surface area contributed by atoms with E-state index in [1.807, 2.05) is 31.2 Å². The van der Waals surface area contributed by atoms with Gasteiger partial charge in [-0.25, -0.2) is 9.97 Å². The summed E-state index contributed by atoms with van der Waals surface area (Å²) in [4.78, 5) is 28.2. The molecule has 0 saturated heterocycles. The van der Waals surface area contributed by atoms with Crippen molar-refractivity contribution in [2.75, 3.05) is 19.4 Å². The predicted molar refractivity (Wildman–Crippen MR) is 119 cm³/mol. The lowest BCUT2D eigenvalue weighted by atomic mass is 9.85. The molecule has 1 saturated carbocycles. The van der Waals surface area contributed by atoms with Crippen LogP contribution in [-0.4, -0.2) is 46.6 Å². The smallest absolute Gasteiger partial charge is 0.229 e. The van der Waals surface area contributed by atoms with E-state index < -0.39 is 0 Å². The van der Waals surface area contributed by atoms with Crippen LogP contribution in [0.3, 0.4) is 0 Å². The van der Waals surface area contributed by atoms with E-state index >= 15 is 0 Å². The second kappa shape index (κ2) is 9.56. The topological polar surface area (TPSA) is 70.5 Å². The van der Waals surface area contributed by atoms with Crippen molar-refractivity contribution in [2.45, 2.75) is 38.6 Å². The molecule has 0 bridgehead atoms. The molecule has 6 nitrogen and oxygen atoms in total. The standard InChI is InChI=1S/C23H29N5O/c1-5-13-24-20(6-2)17-7-8-18-15-25-23(26-21(18)14-17)27-22(29)16-9-11-19(12-10-16)28(3)4/h5-8,13-16,19H,2,9-12H2,1,3-4H3,(H,25,26,27,29)/b13-5-,24-20?. The highest BCUT2D eigenvalue weighted by Gasteiger charge is 2.27. The van der Waals surface area contributed by atoms with Gasteiger partial charge in [0.25, 0.3) is 0 Å². The van der Waals surface area contributed by atoms with Crippen molar-refractivity contribution in [3.05, 3.63) is 54.9 Å². The molecule has 1 amide bonds. The molecule has 0 aliphatic heterocycles. The maximum absolute atomic E-state index is 12.7. The van der Waals surface area contributed by atoms with Crippen LogP contribution in [0, 0.1) is 5.92 Å². The summed E-state index contributed by atoms with van der Waals surface area (Å²) in [5.74, 6) is 0.385. The van der Waals surface area contributed by atoms with E-state index in [0.717, 1.165) is 47.9 Å². The van der Waals surface area contributed by atoms with E-state index in [0.29, 0.717) is 12.0 Å². The number of nitrogens with one attached hydrogen (secondary N) is 1. The zero-order valence-corrected chi connectivity index (χ0v) is 17.4. The van der Waals surface area contributed by atoms with E-state index in [9.17, 15) is 4.79 Å². The number of hydrogen-bond acceptors (Lipinski definition) is 5. The Morgan fingerprint density at radius 1 is 1.28 bits per heavy atom. The highest BCUT2D eigenvalue weighted by atomic mass is 16.2. The van der Waals surface area contributed by atoms with E-state index in [-0.39, 0.29) is 11.8 Å². The summed E-state index contributed by atoms with van der Waals surface area (Å²) in [5, 5.41) is 3.82. The first-order valence-corrected chi connectivity index (χ1v) is 10.1. The number of aromatic nitrogens is 2. The van der Waals surface area contributed by atoms with E-state index in [1.165, 1.54) is 0 Å². The minimum atomic E-state index is 0.0131. The molecule has 152 valence electrons. The number of fused-ring (bicyclic) bond motifs is 1. The summed E-state index contributed by atoms with van der Waals surface area (Å²) < 4.78 is 0. The van der Waals surface area contributed by atoms with Gasteiger partial charge in [-0.2, -0.15) is 0 Å². The molecule has 1 N–H and O–H groups in total. The Morgan fingerprint density at radius 2 is 2.03 bits per heavy atom. The molecular weight excluding hydrogens is 362 g/mol. The molecule has 0 radical (unpaired) electrons. The summed E-state index contributed by atoms with van der Waals surface area (Å²) in [6.45, 7) is 5.75. The van der Waals surface area contributed by atoms with Crippen molar-refractivity contribution < 1.29 is 4.79 Å². The summed E-state index contributed by atoms with van der Waals surface area (Å²) in [6, 6.07) is 6.43. The highest BCUT2D eigenvalue weighted by molar-refractivity contribution is 6.10. The molecule has 1 aliphatic rings. The van der Waals surface area contributed by atoms with Gasteiger partial charge in [0.2, 0.25) is 11.9 Å². The van der Waals surface area contributed by atoms with Gasteiger partial charge in [0.05, 0.1) is 11.2 Å². The summed E-state index contributed by atoms with van der Waals surface area (Å²) in [6.07, 6.45) is 10.9. The number of rotatable bonds is 6. The molecule has 1 aromatic heterocycles. The van der Waals surface area contributed by atoms with Crippen molar-refractivity contribution in [1.29, 1.82) is 0 Å². The van der Waals surface area contributed by atoms with Gasteiger partial charge in [0, 0.05) is 35.3 Å². The number of carbonyl (C=O) groups excluding carboxylic acids is 1. The maximum atomic E-state index is 12.7. The van der Waals surface area contributed by atoms with Gasteiger partial charge in [0.15, 0.2) is 0 Å². The van der Waals surface area contributed by atoms with Crippen LogP contribution in [0.25, 0.3) is 10.9 Å². The molecule has 1 fully saturated rings. The fourth-order valence-corrected chi connectivity index (χ4v) is 3.71. The predicted octanol–water partition coefficient (Wildman–Crippen LogP) is 4.20. The zero-order chi connectivity index (χ0) is 20.8. The van der Waals surface area contributed by atoms with Gasteiger partial charge in [-0.15, -0.1) is 0 Å². The number of amides is 1. The Labute approximate surface area is 172 Å². The molecule has 1 aliphatic carbocycles. The van der Waals surface area contributed by atoms with Crippen LogP contribution in [0.15, 0.2) is 54.3 Å². The molecule has 2 aromatic rings. The minimum absolute atomic E-state index is 0.0131. The van der Waals surface area contributed by atoms with Crippen LogP contribution in [0.4, 0.5) is 5.95 Å². The molecule has 1 aromatic carbocycles. The summed E-state index contributed by atoms with van der Waals surface area (Å²) >= 11 is 0. The Bertz CT molecular complexity index is 939. The molecule has 29 heavy (non-hydrogen) atoms. The molecule has 0 spiro atoms. The van der Waals surface area contributed by atoms with Crippen LogP contribution >= 0.6 is 0 Å². The van der Waals surface area contributed by atoms with E-state index in [2.05, 4.69) is 45.9 Å². The average Bonchev–Trinajstić information content (AvgIpc) is 2.74. The third kappa shape index (κ3) is 5.15. The Morgan fingerprint density at radius 3 is 2.69 bits per heavy atom. The first-order chi connectivity index (χ1) is 14.0. The largest absolute Gasteiger partial charge is 0.306 e. The van der Waals surface area contributed by atoms with Gasteiger partial charge in [-0.3, -0.25) is 15.1 Å². The number of carbonyl (C=O) groups is 1. The van der Waals surface area contributed by atoms with E-state index in [1.54, 1.807) is 18.5 Å². The molecule has 6 heteroatoms. The fraction of sp³-hybridized carbons (Fsp3) is 0.391. The maximum Gasteiger partial charge on any atom is 0.229 e. The second-order valence-electron chi connectivity index (χ2n) is 7.63. The van der Waals surface area contributed by atoms with Crippen LogP contribution in [0.1, 0.15) is 38.2 Å². The van der Waals surface area contributed by atoms with Crippen LogP contribution in [0.5, 0.6) is 0 Å². The van der Waals surface area contributed by atoms with Crippen LogP contribution in [0.2, 0.25) is 0 Å². The SMILES string of the molecule is C=CC(=N/C=C\C)c1ccc2cnc(NC(=O)C3CCC(N(C)C)CC3)nc2c1. The summed E-state index contributed by atoms with van der Waals surface area (Å²) in [7, 11) is 4.20. The van der Waals surface area contributed by atoms with Gasteiger partial charge < -0.3 is 4.90 Å². The summed E-state index contributed by atoms with van der Waals surface area (Å²) in [5.41, 5.74) is 2.45. The first kappa shape index (κ1) is 20.9. The Kier molecular flexibility index (Phi) is 6.88. The Hall–Kier alpha value is -2.86. The average molecular weight is 392 g/mol. The van der Waals surface area contributed by atoms with Crippen molar-refractivity contribution in [1.82, 2.24) is 14.9 Å². The lowest BCUT2D eigenvalue weighted by Gasteiger charge is -2.31. The Balaban J connectivity index is 1.75. The first-order valence-electron chi connectivity index (χ1n) is 10.1. The van der Waals surface area contributed by atoms with E-state index in [4.69, 9.17) is 0 Å². The molecule has 3 rings (SSSR count). The van der Waals surface area contributed by atoms with Crippen molar-refractivity contribution >= 4 is 28.5 Å². The quantitative estimate of drug-likeness (QED) is 0.749. The molecule has 0 unspecified atom stereocenters. The minimum Gasteiger partial charge on any atom is -0.306 e. The number of allylic oxidation sites excluding steroid dienone is 2. The monoisotopic (exact) mass is 391 g/mol. The normalized spacial score (nSPS) is 20.3. The molecular formula is C23H29N5O. The number of hydrogen-bond donors (Lipinski definition) is 1. The number of nitrogens with zero attached hydrogens (tertiary/aromatic N) is 4. The highest BCUT2D eigenvalue weighted by Crippen LogP contribution is 2.27. The number of aliphatic imine (C=N–C) groups is 1. The number of anilines is 1. The lowest BCUT2D eigenvalue weighted by Crippen LogP contribution is -2.35. The van der Waals surface area contributed by atoms with Gasteiger partial charge in [-0.1, -0.05) is 24.8 Å². The van der Waals surface area contributed by atoms with Gasteiger partial charge in [0.1, 0.15) is 0 Å². The number of benzene rings is 1. The third-order valence-electron chi connectivity index (χ3n) is 5.47. The third-order valence-corrected chi connectivity index (χ3v) is 5.47. The zero-order valence-electron chi connectivity index (χ0n) is 17.4. The second-order valence-corrected chi connectivity index (χ2v) is 7.63. The fourth-order valence-electron chi connectivity index (χ4n) is 3.71. The van der Waals surface area contributed by atoms with Crippen LogP contribution in [-0.2, 0) is 4.79 Å². The van der Waals surface area contributed by atoms with Gasteiger partial charge in [-0.05, 0) is 58.8 Å². The van der Waals surface area contributed by atoms with Crippen molar-refractivity contribution in [3.63, 3.8) is 0 Å². The van der Waals surface area contributed by atoms with Crippen molar-refractivity contribution in [3.8, 4) is 0 Å². The van der Waals surface area contributed by atoms with Crippen molar-refractivity contribution in [2.24, 2.45) is 10.9 Å². The molecule has 0 atom stereocenters. The van der Waals surface area contributed by atoms with Gasteiger partial charge >= 0.3 is 0 Å². The molecule has 1 heterocycles.